The molecule has 1 saturated heterocycles. The Hall–Kier alpha value is -1.91. The molecule has 1 aromatic carbocycles. The Morgan fingerprint density at radius 3 is 2.34 bits per heavy atom. The Balaban J connectivity index is 2.05. The number of nitrogens with zero attached hydrogens (tertiary/aromatic N) is 2. The quantitative estimate of drug-likeness (QED) is 0.565. The maximum Gasteiger partial charge on any atom is 0.127 e. The molecule has 1 unspecified atom stereocenters. The third kappa shape index (κ3) is 4.99. The van der Waals surface area contributed by atoms with Crippen LogP contribution in [0.3, 0.4) is 0 Å². The second kappa shape index (κ2) is 10.7. The molecule has 158 valence electrons. The predicted octanol–water partition coefficient (Wildman–Crippen LogP) is 5.45. The number of rotatable bonds is 9. The SMILES string of the molecule is CCCC(c1cnc(-c2c(CC)cccc2CC)cc1OCC)N1CCOCC1. The van der Waals surface area contributed by atoms with Crippen LogP contribution >= 0.6 is 0 Å². The molecule has 1 aromatic heterocycles. The van der Waals surface area contributed by atoms with Gasteiger partial charge in [0.1, 0.15) is 5.75 Å². The van der Waals surface area contributed by atoms with Gasteiger partial charge < -0.3 is 9.47 Å². The second-order valence-electron chi connectivity index (χ2n) is 7.65. The predicted molar refractivity (Wildman–Crippen MR) is 120 cm³/mol. The van der Waals surface area contributed by atoms with E-state index in [4.69, 9.17) is 14.5 Å². The Morgan fingerprint density at radius 1 is 1.07 bits per heavy atom. The lowest BCUT2D eigenvalue weighted by Crippen LogP contribution is -2.39. The van der Waals surface area contributed by atoms with Crippen molar-refractivity contribution in [2.24, 2.45) is 0 Å². The summed E-state index contributed by atoms with van der Waals surface area (Å²) in [6.45, 7) is 12.9. The molecule has 0 bridgehead atoms. The van der Waals surface area contributed by atoms with Crippen LogP contribution in [-0.2, 0) is 17.6 Å². The number of ether oxygens (including phenoxy) is 2. The van der Waals surface area contributed by atoms with E-state index in [1.807, 2.05) is 0 Å². The largest absolute Gasteiger partial charge is 0.493 e. The zero-order valence-corrected chi connectivity index (χ0v) is 18.5. The molecule has 1 aliphatic heterocycles. The van der Waals surface area contributed by atoms with Gasteiger partial charge in [0.05, 0.1) is 25.5 Å². The van der Waals surface area contributed by atoms with E-state index in [0.29, 0.717) is 12.6 Å². The molecule has 4 nitrogen and oxygen atoms in total. The maximum atomic E-state index is 6.17. The summed E-state index contributed by atoms with van der Waals surface area (Å²) in [4.78, 5) is 7.50. The first kappa shape index (κ1) is 21.8. The van der Waals surface area contributed by atoms with Crippen molar-refractivity contribution in [2.45, 2.75) is 59.4 Å². The van der Waals surface area contributed by atoms with Crippen LogP contribution in [0.2, 0.25) is 0 Å². The Morgan fingerprint density at radius 2 is 1.76 bits per heavy atom. The minimum absolute atomic E-state index is 0.332. The number of benzene rings is 1. The van der Waals surface area contributed by atoms with Crippen molar-refractivity contribution in [1.29, 1.82) is 0 Å². The zero-order chi connectivity index (χ0) is 20.6. The highest BCUT2D eigenvalue weighted by Crippen LogP contribution is 2.37. The molecule has 3 rings (SSSR count). The molecule has 1 atom stereocenters. The molecule has 1 aliphatic rings. The number of hydrogen-bond acceptors (Lipinski definition) is 4. The Labute approximate surface area is 176 Å². The van der Waals surface area contributed by atoms with Crippen molar-refractivity contribution < 1.29 is 9.47 Å². The first-order valence-electron chi connectivity index (χ1n) is 11.3. The molecule has 0 N–H and O–H groups in total. The standard InChI is InChI=1S/C25H36N2O2/c1-5-10-23(27-13-15-28-16-14-27)21-18-26-22(17-24(21)29-8-4)25-19(6-2)11-9-12-20(25)7-3/h9,11-12,17-18,23H,5-8,10,13-16H2,1-4H3. The zero-order valence-electron chi connectivity index (χ0n) is 18.5. The topological polar surface area (TPSA) is 34.6 Å². The van der Waals surface area contributed by atoms with E-state index in [-0.39, 0.29) is 0 Å². The molecule has 0 aliphatic carbocycles. The van der Waals surface area contributed by atoms with Gasteiger partial charge in [0.25, 0.3) is 0 Å². The molecular formula is C25H36N2O2. The van der Waals surface area contributed by atoms with Gasteiger partial charge in [-0.25, -0.2) is 0 Å². The summed E-state index contributed by atoms with van der Waals surface area (Å²) in [6, 6.07) is 9.11. The van der Waals surface area contributed by atoms with E-state index in [2.05, 4.69) is 63.1 Å². The summed E-state index contributed by atoms with van der Waals surface area (Å²) >= 11 is 0. The van der Waals surface area contributed by atoms with Crippen molar-refractivity contribution >= 4 is 0 Å². The van der Waals surface area contributed by atoms with E-state index in [9.17, 15) is 0 Å². The van der Waals surface area contributed by atoms with Crippen molar-refractivity contribution in [2.75, 3.05) is 32.9 Å². The van der Waals surface area contributed by atoms with Crippen LogP contribution < -0.4 is 4.74 Å². The van der Waals surface area contributed by atoms with Gasteiger partial charge >= 0.3 is 0 Å². The summed E-state index contributed by atoms with van der Waals surface area (Å²) < 4.78 is 11.7. The third-order valence-electron chi connectivity index (χ3n) is 5.86. The van der Waals surface area contributed by atoms with Gasteiger partial charge in [-0.1, -0.05) is 45.4 Å². The van der Waals surface area contributed by atoms with Crippen molar-refractivity contribution in [3.05, 3.63) is 47.2 Å². The average molecular weight is 397 g/mol. The van der Waals surface area contributed by atoms with Crippen LogP contribution in [0.25, 0.3) is 11.3 Å². The normalized spacial score (nSPS) is 16.0. The molecule has 2 heterocycles. The molecule has 0 saturated carbocycles. The van der Waals surface area contributed by atoms with E-state index in [1.54, 1.807) is 0 Å². The Bertz CT molecular complexity index is 762. The summed E-state index contributed by atoms with van der Waals surface area (Å²) in [5.74, 6) is 0.982. The summed E-state index contributed by atoms with van der Waals surface area (Å²) in [5.41, 5.74) is 6.23. The molecule has 0 radical (unpaired) electrons. The molecule has 29 heavy (non-hydrogen) atoms. The fraction of sp³-hybridized carbons (Fsp3) is 0.560. The number of hydrogen-bond donors (Lipinski definition) is 0. The van der Waals surface area contributed by atoms with Crippen LogP contribution in [0.4, 0.5) is 0 Å². The molecule has 2 aromatic rings. The number of aryl methyl sites for hydroxylation is 2. The minimum atomic E-state index is 0.332. The van der Waals surface area contributed by atoms with Crippen LogP contribution in [0, 0.1) is 0 Å². The lowest BCUT2D eigenvalue weighted by atomic mass is 9.93. The number of pyridine rings is 1. The second-order valence-corrected chi connectivity index (χ2v) is 7.65. The highest BCUT2D eigenvalue weighted by Gasteiger charge is 2.26. The van der Waals surface area contributed by atoms with Gasteiger partial charge in [-0.05, 0) is 37.3 Å². The van der Waals surface area contributed by atoms with Gasteiger partial charge in [0, 0.05) is 42.5 Å². The van der Waals surface area contributed by atoms with Crippen LogP contribution in [-0.4, -0.2) is 42.8 Å². The summed E-state index contributed by atoms with van der Waals surface area (Å²) in [7, 11) is 0. The first-order chi connectivity index (χ1) is 14.2. The van der Waals surface area contributed by atoms with Crippen molar-refractivity contribution in [3.63, 3.8) is 0 Å². The van der Waals surface area contributed by atoms with Crippen LogP contribution in [0.15, 0.2) is 30.5 Å². The molecule has 0 spiro atoms. The fourth-order valence-electron chi connectivity index (χ4n) is 4.38. The highest BCUT2D eigenvalue weighted by molar-refractivity contribution is 5.69. The summed E-state index contributed by atoms with van der Waals surface area (Å²) in [6.07, 6.45) is 6.31. The maximum absolute atomic E-state index is 6.17. The van der Waals surface area contributed by atoms with Crippen LogP contribution in [0.1, 0.15) is 63.3 Å². The van der Waals surface area contributed by atoms with Crippen LogP contribution in [0.5, 0.6) is 5.75 Å². The molecule has 4 heteroatoms. The molecule has 0 amide bonds. The van der Waals surface area contributed by atoms with E-state index >= 15 is 0 Å². The lowest BCUT2D eigenvalue weighted by molar-refractivity contribution is 0.0134. The minimum Gasteiger partial charge on any atom is -0.493 e. The van der Waals surface area contributed by atoms with Crippen molar-refractivity contribution in [3.8, 4) is 17.0 Å². The van der Waals surface area contributed by atoms with Gasteiger partial charge in [-0.3, -0.25) is 9.88 Å². The fourth-order valence-corrected chi connectivity index (χ4v) is 4.38. The van der Waals surface area contributed by atoms with Crippen molar-refractivity contribution in [1.82, 2.24) is 9.88 Å². The monoisotopic (exact) mass is 396 g/mol. The first-order valence-corrected chi connectivity index (χ1v) is 11.3. The van der Waals surface area contributed by atoms with E-state index < -0.39 is 0 Å². The van der Waals surface area contributed by atoms with Gasteiger partial charge in [0.15, 0.2) is 0 Å². The Kier molecular flexibility index (Phi) is 8.08. The lowest BCUT2D eigenvalue weighted by Gasteiger charge is -2.35. The smallest absolute Gasteiger partial charge is 0.127 e. The molecule has 1 fully saturated rings. The average Bonchev–Trinajstić information content (AvgIpc) is 2.78. The molecular weight excluding hydrogens is 360 g/mol. The van der Waals surface area contributed by atoms with E-state index in [1.165, 1.54) is 22.3 Å². The van der Waals surface area contributed by atoms with Gasteiger partial charge in [-0.15, -0.1) is 0 Å². The highest BCUT2D eigenvalue weighted by atomic mass is 16.5. The summed E-state index contributed by atoms with van der Waals surface area (Å²) in [5, 5.41) is 0. The number of morpholine rings is 1. The van der Waals surface area contributed by atoms with Gasteiger partial charge in [0.2, 0.25) is 0 Å². The van der Waals surface area contributed by atoms with E-state index in [0.717, 1.165) is 63.4 Å². The number of aromatic nitrogens is 1. The van der Waals surface area contributed by atoms with Gasteiger partial charge in [-0.2, -0.15) is 0 Å². The third-order valence-corrected chi connectivity index (χ3v) is 5.86.